The zero-order chi connectivity index (χ0) is 22.9. The van der Waals surface area contributed by atoms with Crippen molar-refractivity contribution >= 4 is 37.4 Å². The Balaban J connectivity index is 2.08. The number of pyridine rings is 1. The van der Waals surface area contributed by atoms with Crippen LogP contribution in [0.4, 0.5) is 5.69 Å². The van der Waals surface area contributed by atoms with Crippen LogP contribution in [0.5, 0.6) is 0 Å². The molecule has 7 heteroatoms. The Labute approximate surface area is 187 Å². The molecule has 6 nitrogen and oxygen atoms in total. The fourth-order valence-corrected chi connectivity index (χ4v) is 3.92. The van der Waals surface area contributed by atoms with Gasteiger partial charge in [0.25, 0.3) is 0 Å². The molecule has 0 amide bonds. The number of aromatic nitrogens is 1. The first-order chi connectivity index (χ1) is 15.1. The summed E-state index contributed by atoms with van der Waals surface area (Å²) in [6.45, 7) is 5.77. The first-order valence-corrected chi connectivity index (χ1v) is 12.1. The number of rotatable bonds is 4. The van der Waals surface area contributed by atoms with Crippen LogP contribution in [-0.2, 0) is 14.9 Å². The van der Waals surface area contributed by atoms with Crippen molar-refractivity contribution in [3.05, 3.63) is 78.3 Å². The standard InChI is InChI=1S/C25H25N3O3S/c1-25(2,3)31-27-24-21-15-20(28-32(4,29)30)12-10-18(21)11-13-23-22(24)14-19(16-26-23)17-8-6-5-7-9-17/h5-16,28H,1-4H3/b27-24-. The molecule has 0 aliphatic heterocycles. The summed E-state index contributed by atoms with van der Waals surface area (Å²) < 4.78 is 26.1. The van der Waals surface area contributed by atoms with Crippen molar-refractivity contribution in [2.45, 2.75) is 26.4 Å². The highest BCUT2D eigenvalue weighted by molar-refractivity contribution is 7.92. The van der Waals surface area contributed by atoms with E-state index in [-0.39, 0.29) is 0 Å². The number of sulfonamides is 1. The highest BCUT2D eigenvalue weighted by Gasteiger charge is 2.12. The molecule has 0 aliphatic carbocycles. The molecule has 0 unspecified atom stereocenters. The summed E-state index contributed by atoms with van der Waals surface area (Å²) in [7, 11) is -3.42. The maximum Gasteiger partial charge on any atom is 0.229 e. The van der Waals surface area contributed by atoms with Crippen molar-refractivity contribution in [1.82, 2.24) is 4.98 Å². The summed E-state index contributed by atoms with van der Waals surface area (Å²) in [4.78, 5) is 10.5. The second-order valence-electron chi connectivity index (χ2n) is 8.68. The Kier molecular flexibility index (Phi) is 5.60. The van der Waals surface area contributed by atoms with Crippen LogP contribution < -0.4 is 10.1 Å². The Morgan fingerprint density at radius 2 is 1.62 bits per heavy atom. The van der Waals surface area contributed by atoms with Gasteiger partial charge in [-0.2, -0.15) is 0 Å². The van der Waals surface area contributed by atoms with Crippen molar-refractivity contribution in [3.63, 3.8) is 0 Å². The molecule has 1 aromatic heterocycles. The largest absolute Gasteiger partial charge is 0.390 e. The molecule has 0 fully saturated rings. The minimum absolute atomic E-state index is 0.457. The van der Waals surface area contributed by atoms with Crippen LogP contribution in [0.15, 0.2) is 78.1 Å². The topological polar surface area (TPSA) is 80.6 Å². The predicted molar refractivity (Wildman–Crippen MR) is 130 cm³/mol. The molecule has 4 rings (SSSR count). The molecule has 0 radical (unpaired) electrons. The number of hydrogen-bond acceptors (Lipinski definition) is 5. The average Bonchev–Trinajstić information content (AvgIpc) is 2.87. The highest BCUT2D eigenvalue weighted by atomic mass is 32.2. The smallest absolute Gasteiger partial charge is 0.229 e. The third kappa shape index (κ3) is 5.06. The summed E-state index contributed by atoms with van der Waals surface area (Å²) in [6.07, 6.45) is 2.97. The van der Waals surface area contributed by atoms with Crippen molar-refractivity contribution in [1.29, 1.82) is 0 Å². The summed E-state index contributed by atoms with van der Waals surface area (Å²) in [5, 5.41) is 7.57. The second kappa shape index (κ2) is 8.24. The number of fused-ring (bicyclic) bond motifs is 2. The molecular formula is C25H25N3O3S. The predicted octanol–water partition coefficient (Wildman–Crippen LogP) is 5.06. The summed E-state index contributed by atoms with van der Waals surface area (Å²) in [5.41, 5.74) is 2.71. The van der Waals surface area contributed by atoms with E-state index in [1.807, 2.05) is 81.6 Å². The first-order valence-electron chi connectivity index (χ1n) is 10.2. The number of nitrogens with zero attached hydrogens (tertiary/aromatic N) is 2. The van der Waals surface area contributed by atoms with Gasteiger partial charge in [-0.3, -0.25) is 9.71 Å². The van der Waals surface area contributed by atoms with Gasteiger partial charge in [0.2, 0.25) is 10.0 Å². The molecule has 0 bridgehead atoms. The van der Waals surface area contributed by atoms with Crippen molar-refractivity contribution < 1.29 is 13.3 Å². The molecule has 1 heterocycles. The van der Waals surface area contributed by atoms with Crippen molar-refractivity contribution in [2.75, 3.05) is 11.0 Å². The fraction of sp³-hybridized carbons (Fsp3) is 0.200. The summed E-state index contributed by atoms with van der Waals surface area (Å²) in [6, 6.07) is 21.3. The second-order valence-corrected chi connectivity index (χ2v) is 10.4. The zero-order valence-corrected chi connectivity index (χ0v) is 19.3. The maximum absolute atomic E-state index is 11.8. The van der Waals surface area contributed by atoms with E-state index >= 15 is 0 Å². The van der Waals surface area contributed by atoms with E-state index in [9.17, 15) is 8.42 Å². The Morgan fingerprint density at radius 1 is 0.906 bits per heavy atom. The van der Waals surface area contributed by atoms with Crippen molar-refractivity contribution in [2.24, 2.45) is 5.16 Å². The van der Waals surface area contributed by atoms with E-state index in [0.717, 1.165) is 39.1 Å². The first kappa shape index (κ1) is 21.8. The molecule has 1 N–H and O–H groups in total. The number of anilines is 1. The van der Waals surface area contributed by atoms with E-state index in [1.165, 1.54) is 0 Å². The molecule has 0 spiro atoms. The third-order valence-electron chi connectivity index (χ3n) is 4.72. The van der Waals surface area contributed by atoms with Gasteiger partial charge in [-0.25, -0.2) is 8.42 Å². The number of hydrogen-bond donors (Lipinski definition) is 1. The molecular weight excluding hydrogens is 422 g/mol. The summed E-state index contributed by atoms with van der Waals surface area (Å²) in [5.74, 6) is 0. The van der Waals surface area contributed by atoms with Crippen LogP contribution in [0.1, 0.15) is 20.8 Å². The molecule has 3 aromatic carbocycles. The van der Waals surface area contributed by atoms with Gasteiger partial charge in [-0.1, -0.05) is 47.6 Å². The SMILES string of the molecule is CC(C)(C)O/N=c1/c2cc(NS(C)(=O)=O)ccc2ccc2ncc(-c3ccccc3)cc12. The molecule has 164 valence electrons. The summed E-state index contributed by atoms with van der Waals surface area (Å²) >= 11 is 0. The van der Waals surface area contributed by atoms with Crippen LogP contribution >= 0.6 is 0 Å². The molecule has 32 heavy (non-hydrogen) atoms. The van der Waals surface area contributed by atoms with E-state index < -0.39 is 15.6 Å². The minimum Gasteiger partial charge on any atom is -0.390 e. The number of nitrogens with one attached hydrogen (secondary N) is 1. The zero-order valence-electron chi connectivity index (χ0n) is 18.5. The highest BCUT2D eigenvalue weighted by Crippen LogP contribution is 2.24. The fourth-order valence-electron chi connectivity index (χ4n) is 3.37. The lowest BCUT2D eigenvalue weighted by Gasteiger charge is -2.15. The van der Waals surface area contributed by atoms with Crippen LogP contribution in [0.25, 0.3) is 32.8 Å². The molecule has 0 saturated heterocycles. The maximum atomic E-state index is 11.8. The van der Waals surface area contributed by atoms with E-state index in [1.54, 1.807) is 12.1 Å². The third-order valence-corrected chi connectivity index (χ3v) is 5.33. The van der Waals surface area contributed by atoms with Crippen LogP contribution in [0.2, 0.25) is 0 Å². The lowest BCUT2D eigenvalue weighted by molar-refractivity contribution is -0.00549. The van der Waals surface area contributed by atoms with Gasteiger partial charge >= 0.3 is 0 Å². The Morgan fingerprint density at radius 3 is 2.31 bits per heavy atom. The van der Waals surface area contributed by atoms with Gasteiger partial charge in [0.15, 0.2) is 0 Å². The van der Waals surface area contributed by atoms with E-state index in [4.69, 9.17) is 4.84 Å². The lowest BCUT2D eigenvalue weighted by Crippen LogP contribution is -2.18. The van der Waals surface area contributed by atoms with Crippen LogP contribution in [0, 0.1) is 0 Å². The number of benzene rings is 2. The van der Waals surface area contributed by atoms with Gasteiger partial charge in [0, 0.05) is 28.2 Å². The van der Waals surface area contributed by atoms with Crippen LogP contribution in [0.3, 0.4) is 0 Å². The van der Waals surface area contributed by atoms with Gasteiger partial charge < -0.3 is 4.84 Å². The molecule has 4 aromatic rings. The van der Waals surface area contributed by atoms with Gasteiger partial charge in [0.1, 0.15) is 11.0 Å². The Bertz CT molecular complexity index is 1480. The molecule has 0 aliphatic rings. The quantitative estimate of drug-likeness (QED) is 0.444. The van der Waals surface area contributed by atoms with Gasteiger partial charge in [-0.05, 0) is 56.0 Å². The van der Waals surface area contributed by atoms with Gasteiger partial charge in [-0.15, -0.1) is 0 Å². The van der Waals surface area contributed by atoms with E-state index in [0.29, 0.717) is 11.0 Å². The molecule has 0 atom stereocenters. The Hall–Kier alpha value is -3.45. The lowest BCUT2D eigenvalue weighted by atomic mass is 10.1. The minimum atomic E-state index is -3.42. The average molecular weight is 448 g/mol. The van der Waals surface area contributed by atoms with E-state index in [2.05, 4.69) is 14.9 Å². The van der Waals surface area contributed by atoms with Crippen molar-refractivity contribution in [3.8, 4) is 11.1 Å². The monoisotopic (exact) mass is 447 g/mol. The van der Waals surface area contributed by atoms with Crippen LogP contribution in [-0.4, -0.2) is 25.3 Å². The van der Waals surface area contributed by atoms with Gasteiger partial charge in [0.05, 0.1) is 11.8 Å². The normalized spacial score (nSPS) is 12.8. The molecule has 0 saturated carbocycles.